The lowest BCUT2D eigenvalue weighted by Crippen LogP contribution is -2.47. The van der Waals surface area contributed by atoms with Crippen LogP contribution in [0.1, 0.15) is 17.2 Å². The highest BCUT2D eigenvalue weighted by Gasteiger charge is 2.31. The van der Waals surface area contributed by atoms with Gasteiger partial charge in [-0.25, -0.2) is 8.42 Å². The normalized spacial score (nSPS) is 15.7. The summed E-state index contributed by atoms with van der Waals surface area (Å²) in [5.74, 6) is -0.329. The molecule has 0 aliphatic carbocycles. The Morgan fingerprint density at radius 1 is 1.11 bits per heavy atom. The van der Waals surface area contributed by atoms with E-state index in [4.69, 9.17) is 10.00 Å². The van der Waals surface area contributed by atoms with Crippen LogP contribution in [0.3, 0.4) is 0 Å². The topological polar surface area (TPSA) is 99.5 Å². The number of rotatable bonds is 5. The molecule has 27 heavy (non-hydrogen) atoms. The van der Waals surface area contributed by atoms with Gasteiger partial charge in [-0.15, -0.1) is 0 Å². The highest BCUT2D eigenvalue weighted by atomic mass is 32.2. The van der Waals surface area contributed by atoms with Gasteiger partial charge in [0.05, 0.1) is 29.7 Å². The van der Waals surface area contributed by atoms with Gasteiger partial charge in [0.1, 0.15) is 6.04 Å². The van der Waals surface area contributed by atoms with Crippen LogP contribution in [-0.4, -0.2) is 45.5 Å². The summed E-state index contributed by atoms with van der Waals surface area (Å²) in [6.45, 7) is 1.66. The molecule has 0 saturated carbocycles. The van der Waals surface area contributed by atoms with Gasteiger partial charge < -0.3 is 9.64 Å². The molecular formula is C19H19N3O4S. The van der Waals surface area contributed by atoms with Gasteiger partial charge in [0.15, 0.2) is 0 Å². The molecule has 0 bridgehead atoms. The molecule has 1 N–H and O–H groups in total. The number of nitriles is 1. The Labute approximate surface area is 158 Å². The zero-order valence-corrected chi connectivity index (χ0v) is 15.4. The van der Waals surface area contributed by atoms with E-state index in [0.29, 0.717) is 31.9 Å². The number of ether oxygens (including phenoxy) is 1. The summed E-state index contributed by atoms with van der Waals surface area (Å²) in [6.07, 6.45) is 0. The van der Waals surface area contributed by atoms with E-state index in [2.05, 4.69) is 4.72 Å². The van der Waals surface area contributed by atoms with Crippen molar-refractivity contribution in [3.05, 3.63) is 65.7 Å². The second-order valence-corrected chi connectivity index (χ2v) is 7.76. The van der Waals surface area contributed by atoms with E-state index >= 15 is 0 Å². The summed E-state index contributed by atoms with van der Waals surface area (Å²) in [6, 6.07) is 15.3. The minimum atomic E-state index is -4.00. The summed E-state index contributed by atoms with van der Waals surface area (Å²) < 4.78 is 33.5. The molecule has 0 radical (unpaired) electrons. The third-order valence-corrected chi connectivity index (χ3v) is 5.67. The van der Waals surface area contributed by atoms with Crippen LogP contribution in [-0.2, 0) is 19.6 Å². The van der Waals surface area contributed by atoms with E-state index in [-0.39, 0.29) is 16.4 Å². The smallest absolute Gasteiger partial charge is 0.245 e. The number of nitrogens with zero attached hydrogens (tertiary/aromatic N) is 2. The van der Waals surface area contributed by atoms with E-state index in [1.54, 1.807) is 35.2 Å². The minimum absolute atomic E-state index is 0.0581. The van der Waals surface area contributed by atoms with Crippen molar-refractivity contribution in [3.63, 3.8) is 0 Å². The number of hydrogen-bond acceptors (Lipinski definition) is 5. The van der Waals surface area contributed by atoms with Crippen molar-refractivity contribution < 1.29 is 17.9 Å². The van der Waals surface area contributed by atoms with Gasteiger partial charge in [0.25, 0.3) is 0 Å². The largest absolute Gasteiger partial charge is 0.378 e. The van der Waals surface area contributed by atoms with Crippen molar-refractivity contribution >= 4 is 15.9 Å². The van der Waals surface area contributed by atoms with Gasteiger partial charge in [-0.3, -0.25) is 4.79 Å². The summed E-state index contributed by atoms with van der Waals surface area (Å²) in [4.78, 5) is 14.6. The molecule has 1 fully saturated rings. The fourth-order valence-electron chi connectivity index (χ4n) is 2.83. The molecule has 7 nitrogen and oxygen atoms in total. The first-order chi connectivity index (χ1) is 13.0. The first-order valence-electron chi connectivity index (χ1n) is 8.45. The first-order valence-corrected chi connectivity index (χ1v) is 9.93. The number of hydrogen-bond donors (Lipinski definition) is 1. The summed E-state index contributed by atoms with van der Waals surface area (Å²) >= 11 is 0. The Balaban J connectivity index is 1.93. The molecule has 1 aliphatic heterocycles. The van der Waals surface area contributed by atoms with Gasteiger partial charge in [0.2, 0.25) is 15.9 Å². The lowest BCUT2D eigenvalue weighted by molar-refractivity contribution is -0.137. The maximum Gasteiger partial charge on any atom is 0.245 e. The molecule has 1 saturated heterocycles. The third-order valence-electron chi connectivity index (χ3n) is 4.25. The standard InChI is InChI=1S/C19H19N3O4S/c20-14-15-5-4-8-17(13-15)27(24,25)21-18(16-6-2-1-3-7-16)19(23)22-9-11-26-12-10-22/h1-8,13,18,21H,9-12H2/t18-/m0/s1. The number of morpholine rings is 1. The number of nitrogens with one attached hydrogen (secondary N) is 1. The molecular weight excluding hydrogens is 366 g/mol. The van der Waals surface area contributed by atoms with Crippen molar-refractivity contribution in [2.24, 2.45) is 0 Å². The predicted octanol–water partition coefficient (Wildman–Crippen LogP) is 1.44. The number of carbonyl (C=O) groups excluding carboxylic acids is 1. The summed E-state index contributed by atoms with van der Waals surface area (Å²) in [5.41, 5.74) is 0.780. The molecule has 1 amide bonds. The quantitative estimate of drug-likeness (QED) is 0.839. The molecule has 1 aliphatic rings. The minimum Gasteiger partial charge on any atom is -0.378 e. The highest BCUT2D eigenvalue weighted by Crippen LogP contribution is 2.21. The second kappa shape index (κ2) is 8.31. The average molecular weight is 385 g/mol. The maximum absolute atomic E-state index is 13.0. The zero-order chi connectivity index (χ0) is 19.3. The van der Waals surface area contributed by atoms with E-state index in [0.717, 1.165) is 0 Å². The molecule has 1 heterocycles. The van der Waals surface area contributed by atoms with E-state index in [1.807, 2.05) is 6.07 Å². The number of benzene rings is 2. The SMILES string of the molecule is N#Cc1cccc(S(=O)(=O)N[C@H](C(=O)N2CCOCC2)c2ccccc2)c1. The van der Waals surface area contributed by atoms with Crippen molar-refractivity contribution in [2.75, 3.05) is 26.3 Å². The monoisotopic (exact) mass is 385 g/mol. The Bertz CT molecular complexity index is 948. The molecule has 0 aromatic heterocycles. The molecule has 8 heteroatoms. The van der Waals surface area contributed by atoms with Crippen LogP contribution in [0.2, 0.25) is 0 Å². The number of sulfonamides is 1. The number of carbonyl (C=O) groups is 1. The van der Waals surface area contributed by atoms with Crippen molar-refractivity contribution in [1.82, 2.24) is 9.62 Å². The van der Waals surface area contributed by atoms with Gasteiger partial charge in [-0.1, -0.05) is 36.4 Å². The predicted molar refractivity (Wildman–Crippen MR) is 98.1 cm³/mol. The van der Waals surface area contributed by atoms with Crippen LogP contribution in [0.25, 0.3) is 0 Å². The lowest BCUT2D eigenvalue weighted by Gasteiger charge is -2.30. The van der Waals surface area contributed by atoms with E-state index in [9.17, 15) is 13.2 Å². The van der Waals surface area contributed by atoms with Gasteiger partial charge in [-0.05, 0) is 23.8 Å². The lowest BCUT2D eigenvalue weighted by atomic mass is 10.1. The molecule has 3 rings (SSSR count). The van der Waals surface area contributed by atoms with Gasteiger partial charge in [-0.2, -0.15) is 9.98 Å². The number of amides is 1. The van der Waals surface area contributed by atoms with Crippen molar-refractivity contribution in [2.45, 2.75) is 10.9 Å². The molecule has 0 unspecified atom stereocenters. The Morgan fingerprint density at radius 3 is 2.48 bits per heavy atom. The van der Waals surface area contributed by atoms with Crippen LogP contribution < -0.4 is 4.72 Å². The van der Waals surface area contributed by atoms with Crippen molar-refractivity contribution in [3.8, 4) is 6.07 Å². The van der Waals surface area contributed by atoms with Crippen LogP contribution in [0, 0.1) is 11.3 Å². The molecule has 140 valence electrons. The molecule has 2 aromatic carbocycles. The fraction of sp³-hybridized carbons (Fsp3) is 0.263. The van der Waals surface area contributed by atoms with Crippen molar-refractivity contribution in [1.29, 1.82) is 5.26 Å². The zero-order valence-electron chi connectivity index (χ0n) is 14.5. The summed E-state index contributed by atoms with van der Waals surface area (Å²) in [7, 11) is -4.00. The Hall–Kier alpha value is -2.73. The summed E-state index contributed by atoms with van der Waals surface area (Å²) in [5, 5.41) is 9.01. The van der Waals surface area contributed by atoms with E-state index < -0.39 is 16.1 Å². The Morgan fingerprint density at radius 2 is 1.81 bits per heavy atom. The Kier molecular flexibility index (Phi) is 5.86. The third kappa shape index (κ3) is 4.52. The van der Waals surface area contributed by atoms with Crippen LogP contribution >= 0.6 is 0 Å². The highest BCUT2D eigenvalue weighted by molar-refractivity contribution is 7.89. The fourth-order valence-corrected chi connectivity index (χ4v) is 4.05. The van der Waals surface area contributed by atoms with Crippen LogP contribution in [0.4, 0.5) is 0 Å². The van der Waals surface area contributed by atoms with Crippen LogP contribution in [0.15, 0.2) is 59.5 Å². The second-order valence-electron chi connectivity index (χ2n) is 6.04. The maximum atomic E-state index is 13.0. The average Bonchev–Trinajstić information content (AvgIpc) is 2.73. The first kappa shape index (κ1) is 19.0. The van der Waals surface area contributed by atoms with Gasteiger partial charge >= 0.3 is 0 Å². The molecule has 1 atom stereocenters. The van der Waals surface area contributed by atoms with Crippen LogP contribution in [0.5, 0.6) is 0 Å². The molecule has 2 aromatic rings. The van der Waals surface area contributed by atoms with Gasteiger partial charge in [0, 0.05) is 13.1 Å². The molecule has 0 spiro atoms. The van der Waals surface area contributed by atoms with E-state index in [1.165, 1.54) is 24.3 Å².